The third-order valence-corrected chi connectivity index (χ3v) is 3.74. The summed E-state index contributed by atoms with van der Waals surface area (Å²) in [7, 11) is 2.97. The molecule has 8 nitrogen and oxygen atoms in total. The zero-order valence-corrected chi connectivity index (χ0v) is 16.3. The van der Waals surface area contributed by atoms with E-state index in [0.717, 1.165) is 0 Å². The lowest BCUT2D eigenvalue weighted by Crippen LogP contribution is -2.41. The van der Waals surface area contributed by atoms with Gasteiger partial charge in [-0.1, -0.05) is 0 Å². The van der Waals surface area contributed by atoms with E-state index >= 15 is 0 Å². The summed E-state index contributed by atoms with van der Waals surface area (Å²) in [4.78, 5) is 24.6. The minimum atomic E-state index is -0.493. The molecule has 0 bridgehead atoms. The van der Waals surface area contributed by atoms with Crippen LogP contribution in [0.3, 0.4) is 0 Å². The molecule has 28 heavy (non-hydrogen) atoms. The fourth-order valence-electron chi connectivity index (χ4n) is 2.43. The van der Waals surface area contributed by atoms with Gasteiger partial charge < -0.3 is 18.9 Å². The maximum absolute atomic E-state index is 12.3. The number of methoxy groups -OCH3 is 2. The van der Waals surface area contributed by atoms with Gasteiger partial charge in [0.2, 0.25) is 0 Å². The van der Waals surface area contributed by atoms with E-state index in [0.29, 0.717) is 47.3 Å². The lowest BCUT2D eigenvalue weighted by Gasteiger charge is -2.13. The van der Waals surface area contributed by atoms with Crippen molar-refractivity contribution in [3.63, 3.8) is 0 Å². The van der Waals surface area contributed by atoms with Crippen LogP contribution in [0.5, 0.6) is 23.0 Å². The van der Waals surface area contributed by atoms with Crippen LogP contribution >= 0.6 is 0 Å². The predicted octanol–water partition coefficient (Wildman–Crippen LogP) is 2.58. The van der Waals surface area contributed by atoms with Crippen molar-refractivity contribution in [2.75, 3.05) is 27.4 Å². The Balaban J connectivity index is 2.05. The molecule has 2 amide bonds. The molecule has 2 rings (SSSR count). The largest absolute Gasteiger partial charge is 0.493 e. The van der Waals surface area contributed by atoms with Crippen LogP contribution in [-0.4, -0.2) is 39.2 Å². The summed E-state index contributed by atoms with van der Waals surface area (Å²) < 4.78 is 21.3. The van der Waals surface area contributed by atoms with Crippen LogP contribution in [0.1, 0.15) is 34.6 Å². The molecule has 0 heterocycles. The number of rotatable bonds is 8. The average molecular weight is 388 g/mol. The molecule has 2 N–H and O–H groups in total. The van der Waals surface area contributed by atoms with Gasteiger partial charge >= 0.3 is 0 Å². The number of hydrogen-bond acceptors (Lipinski definition) is 6. The topological polar surface area (TPSA) is 95.1 Å². The number of ether oxygens (including phenoxy) is 4. The molecular formula is C20H24N2O6. The standard InChI is InChI=1S/C20H24N2O6/c1-5-27-15-9-7-13(11-17(15)25-3)19(23)21-22-20(24)14-8-10-16(28-6-2)18(12-14)26-4/h7-12H,5-6H2,1-4H3,(H,21,23)(H,22,24). The van der Waals surface area contributed by atoms with Crippen molar-refractivity contribution in [2.24, 2.45) is 0 Å². The Bertz CT molecular complexity index is 768. The average Bonchev–Trinajstić information content (AvgIpc) is 2.72. The highest BCUT2D eigenvalue weighted by atomic mass is 16.5. The van der Waals surface area contributed by atoms with Crippen molar-refractivity contribution in [1.82, 2.24) is 10.9 Å². The highest BCUT2D eigenvalue weighted by Crippen LogP contribution is 2.29. The summed E-state index contributed by atoms with van der Waals surface area (Å²) in [5, 5.41) is 0. The molecule has 0 radical (unpaired) electrons. The fraction of sp³-hybridized carbons (Fsp3) is 0.300. The van der Waals surface area contributed by atoms with Gasteiger partial charge in [0, 0.05) is 11.1 Å². The number of hydrogen-bond donors (Lipinski definition) is 2. The first-order chi connectivity index (χ1) is 13.5. The normalized spacial score (nSPS) is 10.0. The van der Waals surface area contributed by atoms with Crippen molar-refractivity contribution in [3.8, 4) is 23.0 Å². The Kier molecular flexibility index (Phi) is 7.50. The molecule has 2 aromatic carbocycles. The second-order valence-electron chi connectivity index (χ2n) is 5.51. The van der Waals surface area contributed by atoms with Crippen LogP contribution in [0, 0.1) is 0 Å². The third kappa shape index (κ3) is 5.06. The van der Waals surface area contributed by atoms with Crippen LogP contribution in [0.15, 0.2) is 36.4 Å². The third-order valence-electron chi connectivity index (χ3n) is 3.74. The van der Waals surface area contributed by atoms with E-state index in [-0.39, 0.29) is 0 Å². The SMILES string of the molecule is CCOc1ccc(C(=O)NNC(=O)c2ccc(OCC)c(OC)c2)cc1OC. The highest BCUT2D eigenvalue weighted by molar-refractivity contribution is 5.99. The molecule has 0 aliphatic carbocycles. The fourth-order valence-corrected chi connectivity index (χ4v) is 2.43. The first-order valence-electron chi connectivity index (χ1n) is 8.76. The van der Waals surface area contributed by atoms with E-state index < -0.39 is 11.8 Å². The summed E-state index contributed by atoms with van der Waals surface area (Å²) >= 11 is 0. The first-order valence-corrected chi connectivity index (χ1v) is 8.76. The molecule has 0 spiro atoms. The summed E-state index contributed by atoms with van der Waals surface area (Å²) in [6.07, 6.45) is 0. The lowest BCUT2D eigenvalue weighted by atomic mass is 10.2. The van der Waals surface area contributed by atoms with Gasteiger partial charge in [-0.2, -0.15) is 0 Å². The number of carbonyl (C=O) groups excluding carboxylic acids is 2. The number of hydrazine groups is 1. The summed E-state index contributed by atoms with van der Waals surface area (Å²) in [6.45, 7) is 4.66. The minimum absolute atomic E-state index is 0.310. The minimum Gasteiger partial charge on any atom is -0.493 e. The summed E-state index contributed by atoms with van der Waals surface area (Å²) in [5.41, 5.74) is 5.36. The predicted molar refractivity (Wildman–Crippen MR) is 103 cm³/mol. The van der Waals surface area contributed by atoms with Gasteiger partial charge in [0.15, 0.2) is 23.0 Å². The molecule has 0 unspecified atom stereocenters. The Labute approximate surface area is 163 Å². The van der Waals surface area contributed by atoms with Crippen LogP contribution in [0.25, 0.3) is 0 Å². The van der Waals surface area contributed by atoms with Crippen molar-refractivity contribution in [3.05, 3.63) is 47.5 Å². The van der Waals surface area contributed by atoms with E-state index in [1.54, 1.807) is 24.3 Å². The maximum Gasteiger partial charge on any atom is 0.269 e. The maximum atomic E-state index is 12.3. The smallest absolute Gasteiger partial charge is 0.269 e. The van der Waals surface area contributed by atoms with E-state index in [9.17, 15) is 9.59 Å². The van der Waals surface area contributed by atoms with E-state index in [1.165, 1.54) is 26.4 Å². The Morgan fingerprint density at radius 1 is 0.714 bits per heavy atom. The molecule has 0 aliphatic rings. The number of amides is 2. The molecule has 0 aromatic heterocycles. The van der Waals surface area contributed by atoms with Gasteiger partial charge in [0.1, 0.15) is 0 Å². The van der Waals surface area contributed by atoms with Gasteiger partial charge in [0.05, 0.1) is 27.4 Å². The number of benzene rings is 2. The number of carbonyl (C=O) groups is 2. The van der Waals surface area contributed by atoms with Gasteiger partial charge in [-0.15, -0.1) is 0 Å². The van der Waals surface area contributed by atoms with Crippen molar-refractivity contribution < 1.29 is 28.5 Å². The van der Waals surface area contributed by atoms with Crippen molar-refractivity contribution in [1.29, 1.82) is 0 Å². The van der Waals surface area contributed by atoms with Gasteiger partial charge in [-0.3, -0.25) is 20.4 Å². The number of nitrogens with one attached hydrogen (secondary N) is 2. The summed E-state index contributed by atoms with van der Waals surface area (Å²) in [6, 6.07) is 9.50. The monoisotopic (exact) mass is 388 g/mol. The van der Waals surface area contributed by atoms with Gasteiger partial charge in [-0.25, -0.2) is 0 Å². The molecule has 8 heteroatoms. The molecule has 150 valence electrons. The van der Waals surface area contributed by atoms with Gasteiger partial charge in [0.25, 0.3) is 11.8 Å². The van der Waals surface area contributed by atoms with Crippen LogP contribution in [0.4, 0.5) is 0 Å². The molecular weight excluding hydrogens is 364 g/mol. The van der Waals surface area contributed by atoms with E-state index in [2.05, 4.69) is 10.9 Å². The van der Waals surface area contributed by atoms with E-state index in [1.807, 2.05) is 13.8 Å². The molecule has 0 atom stereocenters. The van der Waals surface area contributed by atoms with Gasteiger partial charge in [-0.05, 0) is 50.2 Å². The second kappa shape index (κ2) is 10.1. The Morgan fingerprint density at radius 2 is 1.11 bits per heavy atom. The Morgan fingerprint density at radius 3 is 1.43 bits per heavy atom. The first kappa shape index (κ1) is 20.9. The van der Waals surface area contributed by atoms with Crippen molar-refractivity contribution in [2.45, 2.75) is 13.8 Å². The molecule has 2 aromatic rings. The second-order valence-corrected chi connectivity index (χ2v) is 5.51. The zero-order valence-electron chi connectivity index (χ0n) is 16.3. The molecule has 0 aliphatic heterocycles. The highest BCUT2D eigenvalue weighted by Gasteiger charge is 2.14. The van der Waals surface area contributed by atoms with Crippen LogP contribution in [0.2, 0.25) is 0 Å². The summed E-state index contributed by atoms with van der Waals surface area (Å²) in [5.74, 6) is 0.938. The van der Waals surface area contributed by atoms with Crippen LogP contribution < -0.4 is 29.8 Å². The molecule has 0 saturated carbocycles. The zero-order chi connectivity index (χ0) is 20.5. The quantitative estimate of drug-likeness (QED) is 0.675. The Hall–Kier alpha value is -3.42. The lowest BCUT2D eigenvalue weighted by molar-refractivity contribution is 0.0846. The van der Waals surface area contributed by atoms with Crippen molar-refractivity contribution >= 4 is 11.8 Å². The molecule has 0 fully saturated rings. The van der Waals surface area contributed by atoms with Crippen LogP contribution in [-0.2, 0) is 0 Å². The molecule has 0 saturated heterocycles. The van der Waals surface area contributed by atoms with E-state index in [4.69, 9.17) is 18.9 Å².